The zero-order valence-corrected chi connectivity index (χ0v) is 16.0. The van der Waals surface area contributed by atoms with Crippen LogP contribution in [0.4, 0.5) is 5.69 Å². The van der Waals surface area contributed by atoms with Gasteiger partial charge in [-0.15, -0.1) is 0 Å². The summed E-state index contributed by atoms with van der Waals surface area (Å²) in [5.74, 6) is -0.650. The summed E-state index contributed by atoms with van der Waals surface area (Å²) < 4.78 is 32.1. The van der Waals surface area contributed by atoms with Crippen molar-refractivity contribution >= 4 is 44.9 Å². The Hall–Kier alpha value is -1.76. The molecular weight excluding hydrogens is 385 g/mol. The number of ether oxygens (including phenoxy) is 1. The summed E-state index contributed by atoms with van der Waals surface area (Å²) in [5, 5.41) is 0.869. The van der Waals surface area contributed by atoms with Crippen LogP contribution >= 0.6 is 23.2 Å². The Kier molecular flexibility index (Phi) is 6.32. The Balaban J connectivity index is 2.44. The second kappa shape index (κ2) is 8.08. The smallest absolute Gasteiger partial charge is 0.327 e. The van der Waals surface area contributed by atoms with E-state index in [0.717, 1.165) is 4.31 Å². The van der Waals surface area contributed by atoms with E-state index in [9.17, 15) is 13.2 Å². The lowest BCUT2D eigenvalue weighted by molar-refractivity contribution is -0.145. The fourth-order valence-corrected chi connectivity index (χ4v) is 3.73. The Bertz CT molecular complexity index is 834. The first kappa shape index (κ1) is 19.6. The molecule has 8 heteroatoms. The van der Waals surface area contributed by atoms with Crippen LogP contribution in [0, 0.1) is 0 Å². The largest absolute Gasteiger partial charge is 0.462 e. The first-order valence-corrected chi connectivity index (χ1v) is 9.63. The summed E-state index contributed by atoms with van der Waals surface area (Å²) in [4.78, 5) is 12.1. The highest BCUT2D eigenvalue weighted by Crippen LogP contribution is 2.26. The number of sulfonamides is 1. The molecule has 0 atom stereocenters. The van der Waals surface area contributed by atoms with Crippen LogP contribution in [0.5, 0.6) is 0 Å². The Morgan fingerprint density at radius 2 is 1.48 bits per heavy atom. The number of carbonyl (C=O) groups is 1. The molecular formula is C17H17Cl2NO4S. The number of rotatable bonds is 6. The number of benzene rings is 2. The van der Waals surface area contributed by atoms with E-state index in [4.69, 9.17) is 27.9 Å². The van der Waals surface area contributed by atoms with Gasteiger partial charge >= 0.3 is 5.97 Å². The molecule has 2 aromatic carbocycles. The van der Waals surface area contributed by atoms with Crippen molar-refractivity contribution in [3.8, 4) is 0 Å². The molecule has 0 radical (unpaired) electrons. The molecule has 0 fully saturated rings. The van der Waals surface area contributed by atoms with Crippen LogP contribution in [0.2, 0.25) is 10.0 Å². The van der Waals surface area contributed by atoms with E-state index in [1.54, 1.807) is 26.0 Å². The maximum absolute atomic E-state index is 13.0. The average Bonchev–Trinajstić information content (AvgIpc) is 2.53. The topological polar surface area (TPSA) is 63.7 Å². The van der Waals surface area contributed by atoms with Crippen LogP contribution in [0.3, 0.4) is 0 Å². The van der Waals surface area contributed by atoms with Crippen LogP contribution in [0.1, 0.15) is 13.8 Å². The van der Waals surface area contributed by atoms with Crippen molar-refractivity contribution in [3.63, 3.8) is 0 Å². The van der Waals surface area contributed by atoms with E-state index in [1.807, 2.05) is 0 Å². The number of anilines is 1. The van der Waals surface area contributed by atoms with Crippen molar-refractivity contribution in [2.75, 3.05) is 10.8 Å². The maximum Gasteiger partial charge on any atom is 0.327 e. The molecule has 134 valence electrons. The number of hydrogen-bond acceptors (Lipinski definition) is 4. The van der Waals surface area contributed by atoms with E-state index < -0.39 is 22.5 Å². The van der Waals surface area contributed by atoms with Gasteiger partial charge in [0.25, 0.3) is 10.0 Å². The number of hydrogen-bond donors (Lipinski definition) is 0. The van der Waals surface area contributed by atoms with Crippen molar-refractivity contribution < 1.29 is 17.9 Å². The van der Waals surface area contributed by atoms with Gasteiger partial charge in [-0.05, 0) is 62.4 Å². The van der Waals surface area contributed by atoms with E-state index in [-0.39, 0.29) is 11.0 Å². The summed E-state index contributed by atoms with van der Waals surface area (Å²) in [7, 11) is -3.98. The lowest BCUT2D eigenvalue weighted by Crippen LogP contribution is -2.37. The highest BCUT2D eigenvalue weighted by molar-refractivity contribution is 7.92. The first-order chi connectivity index (χ1) is 11.7. The highest BCUT2D eigenvalue weighted by Gasteiger charge is 2.28. The average molecular weight is 402 g/mol. The van der Waals surface area contributed by atoms with Gasteiger partial charge in [-0.3, -0.25) is 9.10 Å². The molecule has 2 rings (SSSR count). The number of halogens is 2. The van der Waals surface area contributed by atoms with Crippen LogP contribution < -0.4 is 4.31 Å². The zero-order valence-electron chi connectivity index (χ0n) is 13.6. The van der Waals surface area contributed by atoms with Gasteiger partial charge in [0.1, 0.15) is 6.54 Å². The zero-order chi connectivity index (χ0) is 18.6. The van der Waals surface area contributed by atoms with Crippen molar-refractivity contribution in [2.45, 2.75) is 24.8 Å². The molecule has 0 spiro atoms. The Morgan fingerprint density at radius 3 is 1.96 bits per heavy atom. The maximum atomic E-state index is 13.0. The monoisotopic (exact) mass is 401 g/mol. The van der Waals surface area contributed by atoms with E-state index in [2.05, 4.69) is 0 Å². The molecule has 0 amide bonds. The van der Waals surface area contributed by atoms with E-state index in [1.165, 1.54) is 36.4 Å². The van der Waals surface area contributed by atoms with Crippen LogP contribution in [0.25, 0.3) is 0 Å². The number of esters is 1. The van der Waals surface area contributed by atoms with Gasteiger partial charge in [-0.25, -0.2) is 8.42 Å². The van der Waals surface area contributed by atoms with Gasteiger partial charge in [0.05, 0.1) is 16.7 Å². The van der Waals surface area contributed by atoms with E-state index >= 15 is 0 Å². The van der Waals surface area contributed by atoms with Gasteiger partial charge in [-0.2, -0.15) is 0 Å². The van der Waals surface area contributed by atoms with E-state index in [0.29, 0.717) is 15.7 Å². The minimum absolute atomic E-state index is 0.0178. The van der Waals surface area contributed by atoms with Crippen molar-refractivity contribution in [3.05, 3.63) is 58.6 Å². The SMILES string of the molecule is CC(C)OC(=O)CN(c1ccc(Cl)cc1)S(=O)(=O)c1ccc(Cl)cc1. The third kappa shape index (κ3) is 5.11. The molecule has 0 aliphatic carbocycles. The molecule has 5 nitrogen and oxygen atoms in total. The minimum Gasteiger partial charge on any atom is -0.462 e. The molecule has 0 bridgehead atoms. The van der Waals surface area contributed by atoms with Gasteiger partial charge in [-0.1, -0.05) is 23.2 Å². The molecule has 0 saturated heterocycles. The number of nitrogens with zero attached hydrogens (tertiary/aromatic N) is 1. The van der Waals surface area contributed by atoms with Crippen molar-refractivity contribution in [2.24, 2.45) is 0 Å². The second-order valence-corrected chi connectivity index (χ2v) is 8.22. The fraction of sp³-hybridized carbons (Fsp3) is 0.235. The fourth-order valence-electron chi connectivity index (χ4n) is 2.07. The summed E-state index contributed by atoms with van der Waals surface area (Å²) in [5.41, 5.74) is 0.306. The van der Waals surface area contributed by atoms with Crippen molar-refractivity contribution in [1.29, 1.82) is 0 Å². The normalized spacial score (nSPS) is 11.4. The summed E-state index contributed by atoms with van der Waals surface area (Å²) in [6.45, 7) is 2.93. The van der Waals surface area contributed by atoms with Crippen LogP contribution in [-0.2, 0) is 19.6 Å². The molecule has 0 N–H and O–H groups in total. The van der Waals surface area contributed by atoms with Gasteiger partial charge in [0.15, 0.2) is 0 Å². The molecule has 0 heterocycles. The molecule has 0 aliphatic heterocycles. The molecule has 0 unspecified atom stereocenters. The van der Waals surface area contributed by atoms with Crippen LogP contribution in [-0.4, -0.2) is 27.0 Å². The van der Waals surface area contributed by atoms with Gasteiger partial charge in [0, 0.05) is 10.0 Å². The standard InChI is InChI=1S/C17H17Cl2NO4S/c1-12(2)24-17(21)11-20(15-7-3-13(18)4-8-15)25(22,23)16-9-5-14(19)6-10-16/h3-10,12H,11H2,1-2H3. The Labute approximate surface area is 157 Å². The second-order valence-electron chi connectivity index (χ2n) is 5.48. The molecule has 2 aromatic rings. The third-order valence-electron chi connectivity index (χ3n) is 3.16. The predicted molar refractivity (Wildman–Crippen MR) is 98.7 cm³/mol. The molecule has 0 saturated carbocycles. The molecule has 0 aromatic heterocycles. The summed E-state index contributed by atoms with van der Waals surface area (Å²) >= 11 is 11.7. The van der Waals surface area contributed by atoms with Gasteiger partial charge in [0.2, 0.25) is 0 Å². The van der Waals surface area contributed by atoms with Crippen molar-refractivity contribution in [1.82, 2.24) is 0 Å². The first-order valence-electron chi connectivity index (χ1n) is 7.43. The molecule has 0 aliphatic rings. The van der Waals surface area contributed by atoms with Gasteiger partial charge < -0.3 is 4.74 Å². The van der Waals surface area contributed by atoms with Crippen LogP contribution in [0.15, 0.2) is 53.4 Å². The lowest BCUT2D eigenvalue weighted by atomic mass is 10.3. The minimum atomic E-state index is -3.98. The summed E-state index contributed by atoms with van der Waals surface area (Å²) in [6, 6.07) is 11.9. The molecule has 25 heavy (non-hydrogen) atoms. The predicted octanol–water partition coefficient (Wildman–Crippen LogP) is 4.14. The highest BCUT2D eigenvalue weighted by atomic mass is 35.5. The summed E-state index contributed by atoms with van der Waals surface area (Å²) in [6.07, 6.45) is -0.349. The number of carbonyl (C=O) groups excluding carboxylic acids is 1. The quantitative estimate of drug-likeness (QED) is 0.682. The Morgan fingerprint density at radius 1 is 1.00 bits per heavy atom. The third-order valence-corrected chi connectivity index (χ3v) is 5.45. The lowest BCUT2D eigenvalue weighted by Gasteiger charge is -2.24.